The van der Waals surface area contributed by atoms with E-state index in [2.05, 4.69) is 6.92 Å². The van der Waals surface area contributed by atoms with E-state index in [9.17, 15) is 17.8 Å². The second kappa shape index (κ2) is 12.8. The molecule has 0 bridgehead atoms. The average molecular weight is 351 g/mol. The summed E-state index contributed by atoms with van der Waals surface area (Å²) in [6, 6.07) is 0. The first-order valence-corrected chi connectivity index (χ1v) is 10.5. The zero-order valence-corrected chi connectivity index (χ0v) is 15.7. The van der Waals surface area contributed by atoms with Crippen LogP contribution in [-0.4, -0.2) is 30.3 Å². The van der Waals surface area contributed by atoms with Crippen molar-refractivity contribution < 1.29 is 22.5 Å². The van der Waals surface area contributed by atoms with E-state index < -0.39 is 21.3 Å². The molecule has 0 aromatic heterocycles. The number of ether oxygens (including phenoxy) is 1. The summed E-state index contributed by atoms with van der Waals surface area (Å²) in [4.78, 5) is 11.7. The fraction of sp³-hybridized carbons (Fsp3) is 0.941. The SMILES string of the molecule is CCCCCCCCCCCCC(C(=O)OC(C)C)S(=O)(=O)O. The maximum Gasteiger partial charge on any atom is 0.327 e. The summed E-state index contributed by atoms with van der Waals surface area (Å²) in [6.07, 6.45) is 11.0. The van der Waals surface area contributed by atoms with Gasteiger partial charge in [0.1, 0.15) is 0 Å². The molecule has 5 nitrogen and oxygen atoms in total. The minimum absolute atomic E-state index is 0.126. The molecule has 0 aliphatic rings. The highest BCUT2D eigenvalue weighted by Gasteiger charge is 2.32. The zero-order valence-electron chi connectivity index (χ0n) is 14.9. The van der Waals surface area contributed by atoms with Crippen LogP contribution in [0.15, 0.2) is 0 Å². The fourth-order valence-electron chi connectivity index (χ4n) is 2.51. The molecule has 0 spiro atoms. The van der Waals surface area contributed by atoms with Crippen LogP contribution in [0, 0.1) is 0 Å². The number of hydrogen-bond acceptors (Lipinski definition) is 4. The van der Waals surface area contributed by atoms with Crippen LogP contribution in [0.4, 0.5) is 0 Å². The lowest BCUT2D eigenvalue weighted by molar-refractivity contribution is -0.147. The molecule has 1 N–H and O–H groups in total. The first-order chi connectivity index (χ1) is 10.8. The van der Waals surface area contributed by atoms with Gasteiger partial charge in [-0.25, -0.2) is 0 Å². The van der Waals surface area contributed by atoms with E-state index in [0.717, 1.165) is 19.3 Å². The number of carbonyl (C=O) groups excluding carboxylic acids is 1. The highest BCUT2D eigenvalue weighted by atomic mass is 32.2. The van der Waals surface area contributed by atoms with Crippen molar-refractivity contribution in [2.75, 3.05) is 0 Å². The van der Waals surface area contributed by atoms with Gasteiger partial charge in [0, 0.05) is 0 Å². The maximum absolute atomic E-state index is 11.7. The van der Waals surface area contributed by atoms with E-state index in [4.69, 9.17) is 4.74 Å². The third-order valence-corrected chi connectivity index (χ3v) is 4.94. The van der Waals surface area contributed by atoms with E-state index in [1.807, 2.05) is 0 Å². The minimum atomic E-state index is -4.39. The van der Waals surface area contributed by atoms with Gasteiger partial charge in [0.05, 0.1) is 6.10 Å². The molecule has 0 saturated heterocycles. The van der Waals surface area contributed by atoms with E-state index in [1.54, 1.807) is 13.8 Å². The van der Waals surface area contributed by atoms with Crippen LogP contribution in [0.1, 0.15) is 91.4 Å². The molecule has 23 heavy (non-hydrogen) atoms. The van der Waals surface area contributed by atoms with Crippen molar-refractivity contribution in [3.63, 3.8) is 0 Å². The molecular formula is C17H34O5S. The monoisotopic (exact) mass is 350 g/mol. The smallest absolute Gasteiger partial charge is 0.327 e. The first kappa shape index (κ1) is 22.4. The van der Waals surface area contributed by atoms with Crippen molar-refractivity contribution >= 4 is 16.1 Å². The Kier molecular flexibility index (Phi) is 12.4. The first-order valence-electron chi connectivity index (χ1n) is 8.95. The Balaban J connectivity index is 3.87. The van der Waals surface area contributed by atoms with Gasteiger partial charge in [-0.15, -0.1) is 0 Å². The fourth-order valence-corrected chi connectivity index (χ4v) is 3.28. The summed E-state index contributed by atoms with van der Waals surface area (Å²) in [5, 5.41) is -1.45. The average Bonchev–Trinajstić information content (AvgIpc) is 2.42. The van der Waals surface area contributed by atoms with Gasteiger partial charge in [0.2, 0.25) is 0 Å². The van der Waals surface area contributed by atoms with Crippen LogP contribution in [0.5, 0.6) is 0 Å². The van der Waals surface area contributed by atoms with E-state index in [-0.39, 0.29) is 12.5 Å². The number of unbranched alkanes of at least 4 members (excludes halogenated alkanes) is 9. The Labute approximate surface area is 141 Å². The molecule has 1 unspecified atom stereocenters. The second-order valence-electron chi connectivity index (χ2n) is 6.46. The standard InChI is InChI=1S/C17H34O5S/c1-4-5-6-7-8-9-10-11-12-13-14-16(23(19,20)21)17(18)22-15(2)3/h15-16H,4-14H2,1-3H3,(H,19,20,21). The number of rotatable bonds is 14. The van der Waals surface area contributed by atoms with E-state index >= 15 is 0 Å². The third-order valence-electron chi connectivity index (χ3n) is 3.79. The molecule has 0 radical (unpaired) electrons. The number of esters is 1. The molecule has 0 aromatic carbocycles. The predicted octanol–water partition coefficient (Wildman–Crippen LogP) is 4.51. The summed E-state index contributed by atoms with van der Waals surface area (Å²) in [6.45, 7) is 5.51. The van der Waals surface area contributed by atoms with Crippen LogP contribution >= 0.6 is 0 Å². The Morgan fingerprint density at radius 2 is 1.35 bits per heavy atom. The topological polar surface area (TPSA) is 80.7 Å². The normalized spacial score (nSPS) is 13.3. The quantitative estimate of drug-likeness (QED) is 0.283. The van der Waals surface area contributed by atoms with Crippen LogP contribution in [0.2, 0.25) is 0 Å². The van der Waals surface area contributed by atoms with Gasteiger partial charge in [-0.3, -0.25) is 9.35 Å². The van der Waals surface area contributed by atoms with E-state index in [0.29, 0.717) is 6.42 Å². The summed E-state index contributed by atoms with van der Waals surface area (Å²) in [7, 11) is -4.39. The lowest BCUT2D eigenvalue weighted by Crippen LogP contribution is -2.33. The van der Waals surface area contributed by atoms with Crippen LogP contribution in [0.25, 0.3) is 0 Å². The third kappa shape index (κ3) is 12.5. The molecule has 0 aromatic rings. The largest absolute Gasteiger partial charge is 0.462 e. The minimum Gasteiger partial charge on any atom is -0.462 e. The van der Waals surface area contributed by atoms with Gasteiger partial charge < -0.3 is 4.74 Å². The highest BCUT2D eigenvalue weighted by Crippen LogP contribution is 2.16. The Morgan fingerprint density at radius 1 is 0.913 bits per heavy atom. The van der Waals surface area contributed by atoms with E-state index in [1.165, 1.54) is 38.5 Å². The van der Waals surface area contributed by atoms with Gasteiger partial charge >= 0.3 is 5.97 Å². The number of hydrogen-bond donors (Lipinski definition) is 1. The molecule has 138 valence electrons. The molecule has 0 aliphatic carbocycles. The van der Waals surface area contributed by atoms with Crippen LogP contribution < -0.4 is 0 Å². The van der Waals surface area contributed by atoms with Crippen LogP contribution in [-0.2, 0) is 19.6 Å². The summed E-state index contributed by atoms with van der Waals surface area (Å²) < 4.78 is 36.7. The van der Waals surface area contributed by atoms with Gasteiger partial charge in [-0.2, -0.15) is 8.42 Å². The van der Waals surface area contributed by atoms with Gasteiger partial charge in [-0.05, 0) is 20.3 Å². The molecule has 1 atom stereocenters. The molecule has 0 amide bonds. The second-order valence-corrected chi connectivity index (χ2v) is 8.06. The lowest BCUT2D eigenvalue weighted by atomic mass is 10.1. The van der Waals surface area contributed by atoms with Crippen molar-refractivity contribution in [1.82, 2.24) is 0 Å². The van der Waals surface area contributed by atoms with Crippen molar-refractivity contribution in [3.8, 4) is 0 Å². The summed E-state index contributed by atoms with van der Waals surface area (Å²) in [5.74, 6) is -0.849. The van der Waals surface area contributed by atoms with Crippen molar-refractivity contribution in [2.45, 2.75) is 103 Å². The molecular weight excluding hydrogens is 316 g/mol. The Bertz CT molecular complexity index is 403. The van der Waals surface area contributed by atoms with Crippen molar-refractivity contribution in [3.05, 3.63) is 0 Å². The van der Waals surface area contributed by atoms with Crippen molar-refractivity contribution in [1.29, 1.82) is 0 Å². The predicted molar refractivity (Wildman–Crippen MR) is 93.0 cm³/mol. The molecule has 0 aliphatic heterocycles. The molecule has 0 saturated carbocycles. The van der Waals surface area contributed by atoms with Crippen LogP contribution in [0.3, 0.4) is 0 Å². The molecule has 6 heteroatoms. The molecule has 0 rings (SSSR count). The molecule has 0 heterocycles. The highest BCUT2D eigenvalue weighted by molar-refractivity contribution is 7.87. The van der Waals surface area contributed by atoms with Gasteiger partial charge in [0.25, 0.3) is 10.1 Å². The number of carbonyl (C=O) groups is 1. The Hall–Kier alpha value is -0.620. The van der Waals surface area contributed by atoms with Gasteiger partial charge in [-0.1, -0.05) is 71.1 Å². The summed E-state index contributed by atoms with van der Waals surface area (Å²) >= 11 is 0. The lowest BCUT2D eigenvalue weighted by Gasteiger charge is -2.15. The maximum atomic E-state index is 11.7. The van der Waals surface area contributed by atoms with Crippen molar-refractivity contribution in [2.24, 2.45) is 0 Å². The Morgan fingerprint density at radius 3 is 1.74 bits per heavy atom. The van der Waals surface area contributed by atoms with Gasteiger partial charge in [0.15, 0.2) is 5.25 Å². The zero-order chi connectivity index (χ0) is 17.7. The summed E-state index contributed by atoms with van der Waals surface area (Å²) in [5.41, 5.74) is 0. The molecule has 0 fully saturated rings.